The third-order valence-corrected chi connectivity index (χ3v) is 4.19. The predicted molar refractivity (Wildman–Crippen MR) is 86.3 cm³/mol. The lowest BCUT2D eigenvalue weighted by atomic mass is 10.0. The first-order valence-corrected chi connectivity index (χ1v) is 7.79. The van der Waals surface area contributed by atoms with E-state index in [-0.39, 0.29) is 5.91 Å². The third kappa shape index (κ3) is 3.61. The Balaban J connectivity index is 1.61. The van der Waals surface area contributed by atoms with E-state index < -0.39 is 0 Å². The molecule has 2 N–H and O–H groups in total. The zero-order valence-electron chi connectivity index (χ0n) is 12.3. The summed E-state index contributed by atoms with van der Waals surface area (Å²) in [6.07, 6.45) is 4.12. The summed E-state index contributed by atoms with van der Waals surface area (Å²) in [4.78, 5) is 12.2. The molecular formula is C18H22N2O. The number of carbonyl (C=O) groups is 1. The van der Waals surface area contributed by atoms with E-state index in [1.165, 1.54) is 23.6 Å². The van der Waals surface area contributed by atoms with Crippen LogP contribution >= 0.6 is 0 Å². The van der Waals surface area contributed by atoms with Gasteiger partial charge in [-0.2, -0.15) is 0 Å². The summed E-state index contributed by atoms with van der Waals surface area (Å²) in [5.74, 6) is 0.110. The lowest BCUT2D eigenvalue weighted by Crippen LogP contribution is -2.43. The highest BCUT2D eigenvalue weighted by Crippen LogP contribution is 2.18. The van der Waals surface area contributed by atoms with Gasteiger partial charge in [-0.15, -0.1) is 0 Å². The standard InChI is InChI=1S/C18H22N2O/c21-18(20-13-16-9-3-4-11-19-16)12-15-8-5-7-14-6-1-2-10-17(14)15/h1-2,5-8,10,16,19H,3-4,9,11-13H2,(H,20,21). The first-order valence-electron chi connectivity index (χ1n) is 7.79. The van der Waals surface area contributed by atoms with Crippen molar-refractivity contribution in [3.8, 4) is 0 Å². The average Bonchev–Trinajstić information content (AvgIpc) is 2.54. The molecule has 0 aromatic heterocycles. The lowest BCUT2D eigenvalue weighted by Gasteiger charge is -2.23. The van der Waals surface area contributed by atoms with Crippen LogP contribution in [0.15, 0.2) is 42.5 Å². The van der Waals surface area contributed by atoms with E-state index in [4.69, 9.17) is 0 Å². The van der Waals surface area contributed by atoms with Crippen molar-refractivity contribution >= 4 is 16.7 Å². The second-order valence-corrected chi connectivity index (χ2v) is 5.77. The number of piperidine rings is 1. The highest BCUT2D eigenvalue weighted by atomic mass is 16.1. The van der Waals surface area contributed by atoms with Gasteiger partial charge in [0.15, 0.2) is 0 Å². The summed E-state index contributed by atoms with van der Waals surface area (Å²) >= 11 is 0. The smallest absolute Gasteiger partial charge is 0.224 e. The number of amides is 1. The average molecular weight is 282 g/mol. The van der Waals surface area contributed by atoms with Crippen LogP contribution in [-0.2, 0) is 11.2 Å². The van der Waals surface area contributed by atoms with Crippen molar-refractivity contribution in [3.05, 3.63) is 48.0 Å². The largest absolute Gasteiger partial charge is 0.354 e. The van der Waals surface area contributed by atoms with Crippen LogP contribution in [0.4, 0.5) is 0 Å². The Morgan fingerprint density at radius 3 is 2.86 bits per heavy atom. The summed E-state index contributed by atoms with van der Waals surface area (Å²) in [7, 11) is 0. The topological polar surface area (TPSA) is 41.1 Å². The number of rotatable bonds is 4. The molecule has 2 aromatic carbocycles. The molecule has 3 heteroatoms. The lowest BCUT2D eigenvalue weighted by molar-refractivity contribution is -0.120. The van der Waals surface area contributed by atoms with Gasteiger partial charge in [-0.1, -0.05) is 48.9 Å². The summed E-state index contributed by atoms with van der Waals surface area (Å²) in [6, 6.07) is 14.8. The maximum absolute atomic E-state index is 12.2. The maximum atomic E-state index is 12.2. The molecule has 1 saturated heterocycles. The van der Waals surface area contributed by atoms with Gasteiger partial charge in [0.05, 0.1) is 6.42 Å². The molecule has 0 aliphatic carbocycles. The van der Waals surface area contributed by atoms with E-state index in [9.17, 15) is 4.79 Å². The van der Waals surface area contributed by atoms with Gasteiger partial charge in [0, 0.05) is 12.6 Å². The maximum Gasteiger partial charge on any atom is 0.224 e. The predicted octanol–water partition coefficient (Wildman–Crippen LogP) is 2.64. The van der Waals surface area contributed by atoms with Crippen LogP contribution in [-0.4, -0.2) is 25.0 Å². The van der Waals surface area contributed by atoms with Crippen LogP contribution in [0.2, 0.25) is 0 Å². The Morgan fingerprint density at radius 2 is 2.00 bits per heavy atom. The van der Waals surface area contributed by atoms with Gasteiger partial charge in [-0.25, -0.2) is 0 Å². The summed E-state index contributed by atoms with van der Waals surface area (Å²) in [5, 5.41) is 8.88. The molecule has 1 atom stereocenters. The summed E-state index contributed by atoms with van der Waals surface area (Å²) < 4.78 is 0. The summed E-state index contributed by atoms with van der Waals surface area (Å²) in [6.45, 7) is 1.81. The molecule has 1 unspecified atom stereocenters. The van der Waals surface area contributed by atoms with Crippen LogP contribution in [0.3, 0.4) is 0 Å². The van der Waals surface area contributed by atoms with Crippen molar-refractivity contribution in [1.82, 2.24) is 10.6 Å². The number of benzene rings is 2. The minimum absolute atomic E-state index is 0.110. The molecule has 3 nitrogen and oxygen atoms in total. The normalized spacial score (nSPS) is 18.6. The van der Waals surface area contributed by atoms with Crippen molar-refractivity contribution in [2.24, 2.45) is 0 Å². The van der Waals surface area contributed by atoms with Crippen LogP contribution in [0.5, 0.6) is 0 Å². The molecule has 0 bridgehead atoms. The van der Waals surface area contributed by atoms with E-state index in [0.717, 1.165) is 25.1 Å². The molecule has 1 aliphatic heterocycles. The van der Waals surface area contributed by atoms with Crippen LogP contribution in [0, 0.1) is 0 Å². The van der Waals surface area contributed by atoms with Crippen molar-refractivity contribution in [2.45, 2.75) is 31.7 Å². The Bertz CT molecular complexity index is 612. The number of hydrogen-bond acceptors (Lipinski definition) is 2. The highest BCUT2D eigenvalue weighted by molar-refractivity contribution is 5.90. The molecule has 21 heavy (non-hydrogen) atoms. The minimum Gasteiger partial charge on any atom is -0.354 e. The molecule has 0 radical (unpaired) electrons. The number of hydrogen-bond donors (Lipinski definition) is 2. The zero-order chi connectivity index (χ0) is 14.5. The molecule has 2 aromatic rings. The van der Waals surface area contributed by atoms with Gasteiger partial charge in [0.25, 0.3) is 0 Å². The van der Waals surface area contributed by atoms with Gasteiger partial charge in [-0.3, -0.25) is 4.79 Å². The van der Waals surface area contributed by atoms with Crippen molar-refractivity contribution < 1.29 is 4.79 Å². The van der Waals surface area contributed by atoms with E-state index in [1.807, 2.05) is 24.3 Å². The highest BCUT2D eigenvalue weighted by Gasteiger charge is 2.13. The molecule has 1 heterocycles. The van der Waals surface area contributed by atoms with E-state index >= 15 is 0 Å². The van der Waals surface area contributed by atoms with Crippen LogP contribution in [0.1, 0.15) is 24.8 Å². The fourth-order valence-corrected chi connectivity index (χ4v) is 3.02. The molecule has 0 saturated carbocycles. The van der Waals surface area contributed by atoms with Crippen molar-refractivity contribution in [3.63, 3.8) is 0 Å². The number of nitrogens with one attached hydrogen (secondary N) is 2. The molecule has 1 amide bonds. The van der Waals surface area contributed by atoms with Gasteiger partial charge >= 0.3 is 0 Å². The summed E-state index contributed by atoms with van der Waals surface area (Å²) in [5.41, 5.74) is 1.10. The Hall–Kier alpha value is -1.87. The van der Waals surface area contributed by atoms with Gasteiger partial charge in [0.2, 0.25) is 5.91 Å². The Labute approximate surface area is 125 Å². The molecule has 0 spiro atoms. The second kappa shape index (κ2) is 6.72. The van der Waals surface area contributed by atoms with E-state index in [0.29, 0.717) is 12.5 Å². The molecular weight excluding hydrogens is 260 g/mol. The Kier molecular flexibility index (Phi) is 4.51. The first kappa shape index (κ1) is 14.1. The van der Waals surface area contributed by atoms with Crippen molar-refractivity contribution in [2.75, 3.05) is 13.1 Å². The fraction of sp³-hybridized carbons (Fsp3) is 0.389. The van der Waals surface area contributed by atoms with Crippen LogP contribution in [0.25, 0.3) is 10.8 Å². The van der Waals surface area contributed by atoms with Gasteiger partial charge < -0.3 is 10.6 Å². The molecule has 1 fully saturated rings. The van der Waals surface area contributed by atoms with E-state index in [2.05, 4.69) is 28.8 Å². The quantitative estimate of drug-likeness (QED) is 0.905. The SMILES string of the molecule is O=C(Cc1cccc2ccccc12)NCC1CCCCN1. The van der Waals surface area contributed by atoms with Gasteiger partial charge in [0.1, 0.15) is 0 Å². The number of carbonyl (C=O) groups excluding carboxylic acids is 1. The van der Waals surface area contributed by atoms with Gasteiger partial charge in [-0.05, 0) is 35.7 Å². The fourth-order valence-electron chi connectivity index (χ4n) is 3.02. The zero-order valence-corrected chi connectivity index (χ0v) is 12.3. The third-order valence-electron chi connectivity index (χ3n) is 4.19. The second-order valence-electron chi connectivity index (χ2n) is 5.77. The first-order chi connectivity index (χ1) is 10.3. The van der Waals surface area contributed by atoms with Crippen molar-refractivity contribution in [1.29, 1.82) is 0 Å². The monoisotopic (exact) mass is 282 g/mol. The van der Waals surface area contributed by atoms with E-state index in [1.54, 1.807) is 0 Å². The molecule has 110 valence electrons. The molecule has 1 aliphatic rings. The Morgan fingerprint density at radius 1 is 1.14 bits per heavy atom. The molecule has 3 rings (SSSR count). The van der Waals surface area contributed by atoms with Crippen LogP contribution < -0.4 is 10.6 Å². The number of fused-ring (bicyclic) bond motifs is 1. The minimum atomic E-state index is 0.110.